The number of anilines is 2. The predicted octanol–water partition coefficient (Wildman–Crippen LogP) is 2.05. The summed E-state index contributed by atoms with van der Waals surface area (Å²) < 4.78 is 43.5. The number of nitrogens with zero attached hydrogens (tertiary/aromatic N) is 1. The lowest BCUT2D eigenvalue weighted by Crippen LogP contribution is -2.36. The molecule has 2 aromatic carbocycles. The van der Waals surface area contributed by atoms with Crippen molar-refractivity contribution in [2.45, 2.75) is 4.90 Å². The molecular formula is C17H18N2O5S. The second-order valence-electron chi connectivity index (χ2n) is 5.77. The number of hydrogen-bond donors (Lipinski definition) is 1. The van der Waals surface area contributed by atoms with Gasteiger partial charge in [0, 0.05) is 30.5 Å². The summed E-state index contributed by atoms with van der Waals surface area (Å²) in [5.74, 6) is 0.986. The molecule has 0 radical (unpaired) electrons. The van der Waals surface area contributed by atoms with Crippen LogP contribution in [0.15, 0.2) is 47.4 Å². The number of fused-ring (bicyclic) bond motifs is 1. The molecule has 0 bridgehead atoms. The minimum atomic E-state index is -3.69. The zero-order chi connectivity index (χ0) is 17.3. The van der Waals surface area contributed by atoms with E-state index in [0.717, 1.165) is 18.8 Å². The third-order valence-corrected chi connectivity index (χ3v) is 5.53. The first-order chi connectivity index (χ1) is 12.1. The average Bonchev–Trinajstić information content (AvgIpc) is 3.10. The van der Waals surface area contributed by atoms with E-state index >= 15 is 0 Å². The quantitative estimate of drug-likeness (QED) is 0.897. The zero-order valence-corrected chi connectivity index (χ0v) is 14.3. The van der Waals surface area contributed by atoms with Crippen LogP contribution in [0.25, 0.3) is 0 Å². The van der Waals surface area contributed by atoms with Crippen LogP contribution in [-0.2, 0) is 14.8 Å². The first-order valence-electron chi connectivity index (χ1n) is 7.97. The average molecular weight is 362 g/mol. The molecule has 0 aliphatic carbocycles. The van der Waals surface area contributed by atoms with Gasteiger partial charge in [0.15, 0.2) is 11.5 Å². The summed E-state index contributed by atoms with van der Waals surface area (Å²) in [6, 6.07) is 11.9. The van der Waals surface area contributed by atoms with Gasteiger partial charge in [0.2, 0.25) is 6.79 Å². The van der Waals surface area contributed by atoms with E-state index in [4.69, 9.17) is 14.2 Å². The lowest BCUT2D eigenvalue weighted by Gasteiger charge is -2.28. The lowest BCUT2D eigenvalue weighted by molar-refractivity contribution is 0.122. The summed E-state index contributed by atoms with van der Waals surface area (Å²) in [5, 5.41) is 0. The first kappa shape index (κ1) is 16.0. The number of morpholine rings is 1. The molecule has 4 rings (SSSR count). The van der Waals surface area contributed by atoms with Gasteiger partial charge in [-0.25, -0.2) is 8.42 Å². The van der Waals surface area contributed by atoms with Gasteiger partial charge in [0.25, 0.3) is 10.0 Å². The number of sulfonamides is 1. The fourth-order valence-corrected chi connectivity index (χ4v) is 3.89. The van der Waals surface area contributed by atoms with Crippen LogP contribution in [0.3, 0.4) is 0 Å². The summed E-state index contributed by atoms with van der Waals surface area (Å²) in [6.07, 6.45) is 0. The molecule has 0 unspecified atom stereocenters. The van der Waals surface area contributed by atoms with E-state index in [1.807, 2.05) is 12.1 Å². The SMILES string of the molecule is O=S(=O)(Nc1ccc(N2CCOCC2)cc1)c1ccc2c(c1)OCO2. The van der Waals surface area contributed by atoms with Crippen molar-refractivity contribution in [3.8, 4) is 11.5 Å². The largest absolute Gasteiger partial charge is 0.454 e. The van der Waals surface area contributed by atoms with Crippen molar-refractivity contribution >= 4 is 21.4 Å². The standard InChI is InChI=1S/C17H18N2O5S/c20-25(21,15-5-6-16-17(11-15)24-12-23-16)18-13-1-3-14(4-2-13)19-7-9-22-10-8-19/h1-6,11,18H,7-10,12H2. The van der Waals surface area contributed by atoms with Crippen LogP contribution in [0.5, 0.6) is 11.5 Å². The highest BCUT2D eigenvalue weighted by Gasteiger charge is 2.20. The number of rotatable bonds is 4. The normalized spacial score (nSPS) is 16.7. The zero-order valence-electron chi connectivity index (χ0n) is 13.5. The summed E-state index contributed by atoms with van der Waals surface area (Å²) in [7, 11) is -3.69. The Kier molecular flexibility index (Phi) is 4.14. The molecule has 7 nitrogen and oxygen atoms in total. The number of ether oxygens (including phenoxy) is 3. The van der Waals surface area contributed by atoms with Gasteiger partial charge in [-0.1, -0.05) is 0 Å². The lowest BCUT2D eigenvalue weighted by atomic mass is 10.2. The van der Waals surface area contributed by atoms with E-state index in [2.05, 4.69) is 9.62 Å². The van der Waals surface area contributed by atoms with Crippen LogP contribution in [0.4, 0.5) is 11.4 Å². The molecule has 25 heavy (non-hydrogen) atoms. The van der Waals surface area contributed by atoms with E-state index in [9.17, 15) is 8.42 Å². The molecular weight excluding hydrogens is 344 g/mol. The molecule has 8 heteroatoms. The van der Waals surface area contributed by atoms with Crippen molar-refractivity contribution in [3.05, 3.63) is 42.5 Å². The van der Waals surface area contributed by atoms with Crippen molar-refractivity contribution in [1.29, 1.82) is 0 Å². The van der Waals surface area contributed by atoms with E-state index in [1.165, 1.54) is 12.1 Å². The van der Waals surface area contributed by atoms with Gasteiger partial charge >= 0.3 is 0 Å². The molecule has 2 heterocycles. The third kappa shape index (κ3) is 3.35. The minimum Gasteiger partial charge on any atom is -0.454 e. The van der Waals surface area contributed by atoms with Gasteiger partial charge in [0.1, 0.15) is 0 Å². The van der Waals surface area contributed by atoms with Gasteiger partial charge in [0.05, 0.1) is 18.1 Å². The van der Waals surface area contributed by atoms with Crippen molar-refractivity contribution in [2.24, 2.45) is 0 Å². The van der Waals surface area contributed by atoms with Crippen molar-refractivity contribution < 1.29 is 22.6 Å². The Morgan fingerprint density at radius 3 is 2.40 bits per heavy atom. The Morgan fingerprint density at radius 2 is 1.64 bits per heavy atom. The Bertz CT molecular complexity index is 861. The molecule has 0 spiro atoms. The third-order valence-electron chi connectivity index (χ3n) is 4.15. The maximum absolute atomic E-state index is 12.6. The highest BCUT2D eigenvalue weighted by atomic mass is 32.2. The minimum absolute atomic E-state index is 0.106. The van der Waals surface area contributed by atoms with Crippen LogP contribution in [0.1, 0.15) is 0 Å². The molecule has 1 saturated heterocycles. The van der Waals surface area contributed by atoms with Gasteiger partial charge in [-0.15, -0.1) is 0 Å². The van der Waals surface area contributed by atoms with Gasteiger partial charge in [-0.3, -0.25) is 4.72 Å². The van der Waals surface area contributed by atoms with E-state index < -0.39 is 10.0 Å². The molecule has 1 N–H and O–H groups in total. The maximum Gasteiger partial charge on any atom is 0.262 e. The number of benzene rings is 2. The Labute approximate surface area is 146 Å². The molecule has 0 amide bonds. The molecule has 2 aliphatic rings. The monoisotopic (exact) mass is 362 g/mol. The molecule has 0 atom stereocenters. The van der Waals surface area contributed by atoms with Crippen molar-refractivity contribution in [1.82, 2.24) is 0 Å². The van der Waals surface area contributed by atoms with Crippen LogP contribution in [0.2, 0.25) is 0 Å². The molecule has 2 aromatic rings. The molecule has 132 valence electrons. The number of hydrogen-bond acceptors (Lipinski definition) is 6. The Balaban J connectivity index is 1.50. The van der Waals surface area contributed by atoms with E-state index in [0.29, 0.717) is 30.4 Å². The second kappa shape index (κ2) is 6.45. The molecule has 0 saturated carbocycles. The van der Waals surface area contributed by atoms with Crippen LogP contribution in [0, 0.1) is 0 Å². The summed E-state index contributed by atoms with van der Waals surface area (Å²) in [5.41, 5.74) is 1.56. The summed E-state index contributed by atoms with van der Waals surface area (Å²) >= 11 is 0. The van der Waals surface area contributed by atoms with Crippen molar-refractivity contribution in [3.63, 3.8) is 0 Å². The fourth-order valence-electron chi connectivity index (χ4n) is 2.82. The van der Waals surface area contributed by atoms with E-state index in [-0.39, 0.29) is 11.7 Å². The highest BCUT2D eigenvalue weighted by Crippen LogP contribution is 2.34. The topological polar surface area (TPSA) is 77.1 Å². The fraction of sp³-hybridized carbons (Fsp3) is 0.294. The molecule has 1 fully saturated rings. The first-order valence-corrected chi connectivity index (χ1v) is 9.45. The van der Waals surface area contributed by atoms with Gasteiger partial charge < -0.3 is 19.1 Å². The molecule has 2 aliphatic heterocycles. The van der Waals surface area contributed by atoms with Crippen LogP contribution < -0.4 is 19.1 Å². The van der Waals surface area contributed by atoms with Crippen LogP contribution >= 0.6 is 0 Å². The Morgan fingerprint density at radius 1 is 0.920 bits per heavy atom. The van der Waals surface area contributed by atoms with Crippen LogP contribution in [-0.4, -0.2) is 41.5 Å². The van der Waals surface area contributed by atoms with Gasteiger partial charge in [-0.2, -0.15) is 0 Å². The maximum atomic E-state index is 12.6. The molecule has 0 aromatic heterocycles. The summed E-state index contributed by atoms with van der Waals surface area (Å²) in [6.45, 7) is 3.19. The Hall–Kier alpha value is -2.45. The highest BCUT2D eigenvalue weighted by molar-refractivity contribution is 7.92. The van der Waals surface area contributed by atoms with Crippen molar-refractivity contribution in [2.75, 3.05) is 42.7 Å². The van der Waals surface area contributed by atoms with Gasteiger partial charge in [-0.05, 0) is 36.4 Å². The smallest absolute Gasteiger partial charge is 0.262 e. The number of nitrogens with one attached hydrogen (secondary N) is 1. The van der Waals surface area contributed by atoms with E-state index in [1.54, 1.807) is 18.2 Å². The summed E-state index contributed by atoms with van der Waals surface area (Å²) in [4.78, 5) is 2.34. The second-order valence-corrected chi connectivity index (χ2v) is 7.45. The predicted molar refractivity (Wildman–Crippen MR) is 92.8 cm³/mol.